The monoisotopic (exact) mass is 404 g/mol. The molecule has 0 aliphatic carbocycles. The van der Waals surface area contributed by atoms with Gasteiger partial charge in [-0.1, -0.05) is 0 Å². The van der Waals surface area contributed by atoms with Crippen molar-refractivity contribution < 1.29 is 17.9 Å². The van der Waals surface area contributed by atoms with E-state index in [1.165, 1.54) is 36.3 Å². The molecule has 1 amide bonds. The molecule has 0 radical (unpaired) electrons. The first kappa shape index (κ1) is 20.0. The summed E-state index contributed by atoms with van der Waals surface area (Å²) in [5, 5.41) is 8.78. The van der Waals surface area contributed by atoms with Gasteiger partial charge in [-0.25, -0.2) is 8.42 Å². The van der Waals surface area contributed by atoms with Crippen LogP contribution >= 0.6 is 0 Å². The number of fused-ring (bicyclic) bond motifs is 1. The van der Waals surface area contributed by atoms with Gasteiger partial charge in [0, 0.05) is 50.2 Å². The maximum atomic E-state index is 12.9. The minimum absolute atomic E-state index is 0.0400. The molecule has 1 aliphatic heterocycles. The number of benzene rings is 1. The fourth-order valence-electron chi connectivity index (χ4n) is 2.96. The lowest BCUT2D eigenvalue weighted by Gasteiger charge is -2.26. The molecule has 1 aliphatic rings. The number of ether oxygens (including phenoxy) is 1. The van der Waals surface area contributed by atoms with E-state index in [1.807, 2.05) is 6.07 Å². The fraction of sp³-hybridized carbons (Fsp3) is 0.389. The summed E-state index contributed by atoms with van der Waals surface area (Å²) < 4.78 is 31.6. The number of sulfonamides is 1. The van der Waals surface area contributed by atoms with Crippen LogP contribution in [0.3, 0.4) is 0 Å². The lowest BCUT2D eigenvalue weighted by atomic mass is 10.1. The van der Waals surface area contributed by atoms with E-state index in [9.17, 15) is 18.0 Å². The van der Waals surface area contributed by atoms with Gasteiger partial charge < -0.3 is 14.6 Å². The number of carbonyl (C=O) groups is 1. The topological polar surface area (TPSA) is 124 Å². The van der Waals surface area contributed by atoms with Crippen LogP contribution in [0.15, 0.2) is 34.1 Å². The molecule has 0 atom stereocenters. The van der Waals surface area contributed by atoms with Gasteiger partial charge in [0.05, 0.1) is 24.2 Å². The average Bonchev–Trinajstić information content (AvgIpc) is 2.72. The number of pyridine rings is 1. The highest BCUT2D eigenvalue weighted by molar-refractivity contribution is 7.89. The van der Waals surface area contributed by atoms with Crippen LogP contribution in [0, 0.1) is 11.3 Å². The molecule has 0 unspecified atom stereocenters. The molecular weight excluding hydrogens is 384 g/mol. The third-order valence-electron chi connectivity index (χ3n) is 4.63. The van der Waals surface area contributed by atoms with Crippen LogP contribution in [-0.2, 0) is 14.8 Å². The molecule has 1 saturated heterocycles. The van der Waals surface area contributed by atoms with Crippen molar-refractivity contribution in [2.75, 3.05) is 39.9 Å². The summed E-state index contributed by atoms with van der Waals surface area (Å²) in [5.41, 5.74) is -0.133. The summed E-state index contributed by atoms with van der Waals surface area (Å²) >= 11 is 0. The number of nitrogens with zero attached hydrogens (tertiary/aromatic N) is 3. The second-order valence-electron chi connectivity index (χ2n) is 6.38. The molecule has 2 heterocycles. The predicted octanol–water partition coefficient (Wildman–Crippen LogP) is 0.535. The molecule has 0 saturated carbocycles. The molecule has 0 bridgehead atoms. The van der Waals surface area contributed by atoms with Gasteiger partial charge in [-0.05, 0) is 18.2 Å². The first-order valence-corrected chi connectivity index (χ1v) is 10.2. The number of nitrogens with one attached hydrogen (secondary N) is 1. The lowest BCUT2D eigenvalue weighted by Crippen LogP contribution is -2.42. The zero-order valence-corrected chi connectivity index (χ0v) is 16.2. The summed E-state index contributed by atoms with van der Waals surface area (Å²) in [5.74, 6) is -0.411. The Morgan fingerprint density at radius 1 is 1.36 bits per heavy atom. The maximum Gasteiger partial charge on any atom is 0.259 e. The summed E-state index contributed by atoms with van der Waals surface area (Å²) in [7, 11) is -2.48. The molecule has 1 aromatic heterocycles. The minimum atomic E-state index is -3.86. The van der Waals surface area contributed by atoms with Crippen molar-refractivity contribution in [3.8, 4) is 6.07 Å². The number of rotatable bonds is 5. The van der Waals surface area contributed by atoms with Crippen molar-refractivity contribution >= 4 is 26.8 Å². The van der Waals surface area contributed by atoms with Gasteiger partial charge >= 0.3 is 0 Å². The number of aromatic nitrogens is 1. The van der Waals surface area contributed by atoms with Crippen molar-refractivity contribution in [3.05, 3.63) is 40.2 Å². The van der Waals surface area contributed by atoms with Crippen LogP contribution < -0.4 is 5.43 Å². The van der Waals surface area contributed by atoms with Gasteiger partial charge in [0.2, 0.25) is 15.5 Å². The van der Waals surface area contributed by atoms with Crippen molar-refractivity contribution in [2.24, 2.45) is 0 Å². The highest BCUT2D eigenvalue weighted by Crippen LogP contribution is 2.19. The van der Waals surface area contributed by atoms with E-state index in [0.717, 1.165) is 4.31 Å². The first-order chi connectivity index (χ1) is 13.4. The number of morpholine rings is 1. The maximum absolute atomic E-state index is 12.9. The van der Waals surface area contributed by atoms with E-state index in [-0.39, 0.29) is 28.8 Å². The normalized spacial score (nSPS) is 15.0. The van der Waals surface area contributed by atoms with Crippen LogP contribution in [-0.4, -0.2) is 68.4 Å². The molecule has 0 spiro atoms. The van der Waals surface area contributed by atoms with Crippen molar-refractivity contribution in [2.45, 2.75) is 11.3 Å². The van der Waals surface area contributed by atoms with Crippen molar-refractivity contribution in [1.29, 1.82) is 5.26 Å². The number of aromatic amines is 1. The Bertz CT molecular complexity index is 1100. The SMILES string of the molecule is CN(CCC#N)S(=O)(=O)c1ccc2[nH]cc(C(=O)N3CCOCC3)c(=O)c2c1. The third kappa shape index (κ3) is 3.77. The molecule has 9 nitrogen and oxygen atoms in total. The van der Waals surface area contributed by atoms with Crippen molar-refractivity contribution in [1.82, 2.24) is 14.2 Å². The van der Waals surface area contributed by atoms with E-state index >= 15 is 0 Å². The van der Waals surface area contributed by atoms with Gasteiger partial charge in [0.15, 0.2) is 0 Å². The Labute approximate surface area is 162 Å². The molecular formula is C18H20N4O5S. The number of H-pyrrole nitrogens is 1. The third-order valence-corrected chi connectivity index (χ3v) is 6.48. The summed E-state index contributed by atoms with van der Waals surface area (Å²) in [6.45, 7) is 1.66. The minimum Gasteiger partial charge on any atom is -0.378 e. The number of amides is 1. The molecule has 1 N–H and O–H groups in total. The van der Waals surface area contributed by atoms with Crippen molar-refractivity contribution in [3.63, 3.8) is 0 Å². The summed E-state index contributed by atoms with van der Waals surface area (Å²) in [6.07, 6.45) is 1.41. The van der Waals surface area contributed by atoms with Gasteiger partial charge in [0.25, 0.3) is 5.91 Å². The molecule has 10 heteroatoms. The highest BCUT2D eigenvalue weighted by Gasteiger charge is 2.24. The zero-order chi connectivity index (χ0) is 20.3. The van der Waals surface area contributed by atoms with Gasteiger partial charge in [0.1, 0.15) is 5.56 Å². The largest absolute Gasteiger partial charge is 0.378 e. The van der Waals surface area contributed by atoms with Crippen LogP contribution in [0.5, 0.6) is 0 Å². The quantitative estimate of drug-likeness (QED) is 0.775. The zero-order valence-electron chi connectivity index (χ0n) is 15.3. The number of carbonyl (C=O) groups excluding carboxylic acids is 1. The van der Waals surface area contributed by atoms with Gasteiger partial charge in [-0.2, -0.15) is 9.57 Å². The Hall–Kier alpha value is -2.74. The van der Waals surface area contributed by atoms with E-state index in [4.69, 9.17) is 10.00 Å². The lowest BCUT2D eigenvalue weighted by molar-refractivity contribution is 0.0302. The molecule has 3 rings (SSSR count). The molecule has 148 valence electrons. The van der Waals surface area contributed by atoms with E-state index in [2.05, 4.69) is 4.98 Å². The number of hydrogen-bond donors (Lipinski definition) is 1. The standard InChI is InChI=1S/C18H20N4O5S/c1-21(6-2-5-19)28(25,26)13-3-4-16-14(11-13)17(23)15(12-20-16)18(24)22-7-9-27-10-8-22/h3-4,11-12H,2,6-10H2,1H3,(H,20,23). The first-order valence-electron chi connectivity index (χ1n) is 8.72. The fourth-order valence-corrected chi connectivity index (χ4v) is 4.16. The second-order valence-corrected chi connectivity index (χ2v) is 8.42. The molecule has 28 heavy (non-hydrogen) atoms. The molecule has 1 fully saturated rings. The molecule has 2 aromatic rings. The smallest absolute Gasteiger partial charge is 0.259 e. The van der Waals surface area contributed by atoms with Crippen LogP contribution in [0.2, 0.25) is 0 Å². The van der Waals surface area contributed by atoms with Gasteiger partial charge in [-0.15, -0.1) is 0 Å². The van der Waals surface area contributed by atoms with Crippen LogP contribution in [0.4, 0.5) is 0 Å². The number of hydrogen-bond acceptors (Lipinski definition) is 6. The predicted molar refractivity (Wildman–Crippen MR) is 101 cm³/mol. The summed E-state index contributed by atoms with van der Waals surface area (Å²) in [4.78, 5) is 29.9. The van der Waals surface area contributed by atoms with Crippen LogP contribution in [0.25, 0.3) is 10.9 Å². The van der Waals surface area contributed by atoms with E-state index in [1.54, 1.807) is 0 Å². The van der Waals surface area contributed by atoms with Crippen LogP contribution in [0.1, 0.15) is 16.8 Å². The average molecular weight is 404 g/mol. The Balaban J connectivity index is 2.01. The Morgan fingerprint density at radius 3 is 2.75 bits per heavy atom. The Kier molecular flexibility index (Phi) is 5.79. The summed E-state index contributed by atoms with van der Waals surface area (Å²) in [6, 6.07) is 6.05. The van der Waals surface area contributed by atoms with Gasteiger partial charge in [-0.3, -0.25) is 9.59 Å². The Morgan fingerprint density at radius 2 is 2.07 bits per heavy atom. The second kappa shape index (κ2) is 8.10. The highest BCUT2D eigenvalue weighted by atomic mass is 32.2. The van der Waals surface area contributed by atoms with E-state index < -0.39 is 21.4 Å². The molecule has 1 aromatic carbocycles. The van der Waals surface area contributed by atoms with E-state index in [0.29, 0.717) is 31.8 Å². The number of nitriles is 1.